The largest absolute Gasteiger partial charge is 0.458 e. The molecule has 126 valence electrons. The number of benzene rings is 1. The van der Waals surface area contributed by atoms with E-state index in [4.69, 9.17) is 9.47 Å². The Morgan fingerprint density at radius 1 is 1.22 bits per heavy atom. The first kappa shape index (κ1) is 18.7. The average molecular weight is 321 g/mol. The molecule has 0 radical (unpaired) electrons. The monoisotopic (exact) mass is 321 g/mol. The van der Waals surface area contributed by atoms with Crippen LogP contribution >= 0.6 is 0 Å². The lowest BCUT2D eigenvalue weighted by molar-refractivity contribution is -0.157. The maximum atomic E-state index is 12.1. The number of rotatable bonds is 7. The molecule has 1 atom stereocenters. The maximum Gasteiger partial charge on any atom is 0.408 e. The van der Waals surface area contributed by atoms with Crippen LogP contribution < -0.4 is 5.32 Å². The fraction of sp³-hybridized carbons (Fsp3) is 0.471. The summed E-state index contributed by atoms with van der Waals surface area (Å²) in [4.78, 5) is 34.4. The molecule has 0 saturated heterocycles. The van der Waals surface area contributed by atoms with Gasteiger partial charge in [0.15, 0.2) is 0 Å². The molecular formula is C17H23NO5. The fourth-order valence-corrected chi connectivity index (χ4v) is 1.76. The van der Waals surface area contributed by atoms with Gasteiger partial charge in [0.2, 0.25) is 0 Å². The van der Waals surface area contributed by atoms with Crippen molar-refractivity contribution in [2.24, 2.45) is 0 Å². The van der Waals surface area contributed by atoms with Crippen molar-refractivity contribution in [3.05, 3.63) is 35.9 Å². The summed E-state index contributed by atoms with van der Waals surface area (Å²) in [6, 6.07) is 8.27. The molecule has 6 heteroatoms. The van der Waals surface area contributed by atoms with Crippen LogP contribution in [0.4, 0.5) is 4.79 Å². The summed E-state index contributed by atoms with van der Waals surface area (Å²) in [6.07, 6.45) is 0.270. The maximum absolute atomic E-state index is 12.1. The van der Waals surface area contributed by atoms with Crippen LogP contribution in [0.5, 0.6) is 0 Å². The van der Waals surface area contributed by atoms with Gasteiger partial charge in [0.25, 0.3) is 0 Å². The third-order valence-corrected chi connectivity index (χ3v) is 2.77. The average Bonchev–Trinajstić information content (AvgIpc) is 2.48. The zero-order valence-electron chi connectivity index (χ0n) is 13.7. The summed E-state index contributed by atoms with van der Waals surface area (Å²) in [5, 5.41) is 2.45. The minimum absolute atomic E-state index is 0.0986. The Balaban J connectivity index is 2.56. The van der Waals surface area contributed by atoms with Gasteiger partial charge in [-0.05, 0) is 32.8 Å². The Morgan fingerprint density at radius 3 is 2.43 bits per heavy atom. The number of esters is 1. The molecule has 0 aromatic heterocycles. The highest BCUT2D eigenvalue weighted by atomic mass is 16.6. The highest BCUT2D eigenvalue weighted by Gasteiger charge is 2.26. The van der Waals surface area contributed by atoms with Crippen LogP contribution in [0.2, 0.25) is 0 Å². The number of carbonyl (C=O) groups is 3. The van der Waals surface area contributed by atoms with Crippen LogP contribution in [-0.4, -0.2) is 30.0 Å². The van der Waals surface area contributed by atoms with Crippen molar-refractivity contribution in [3.63, 3.8) is 0 Å². The highest BCUT2D eigenvalue weighted by molar-refractivity contribution is 5.81. The molecule has 1 aromatic rings. The van der Waals surface area contributed by atoms with E-state index in [9.17, 15) is 14.4 Å². The number of ether oxygens (including phenoxy) is 2. The number of hydrogen-bond donors (Lipinski definition) is 1. The number of amides is 1. The molecule has 0 aliphatic rings. The van der Waals surface area contributed by atoms with Crippen LogP contribution in [0.15, 0.2) is 30.3 Å². The van der Waals surface area contributed by atoms with Gasteiger partial charge in [-0.2, -0.15) is 0 Å². The Hall–Kier alpha value is -2.37. The highest BCUT2D eigenvalue weighted by Crippen LogP contribution is 2.11. The van der Waals surface area contributed by atoms with Gasteiger partial charge < -0.3 is 19.6 Å². The molecule has 23 heavy (non-hydrogen) atoms. The van der Waals surface area contributed by atoms with Crippen LogP contribution in [0.25, 0.3) is 0 Å². The van der Waals surface area contributed by atoms with Gasteiger partial charge in [-0.1, -0.05) is 30.3 Å². The summed E-state index contributed by atoms with van der Waals surface area (Å²) in [5.41, 5.74) is 0.163. The summed E-state index contributed by atoms with van der Waals surface area (Å²) in [6.45, 7) is 5.29. The van der Waals surface area contributed by atoms with E-state index >= 15 is 0 Å². The minimum Gasteiger partial charge on any atom is -0.458 e. The molecule has 0 aliphatic heterocycles. The number of aldehydes is 1. The van der Waals surface area contributed by atoms with E-state index in [0.717, 1.165) is 5.56 Å². The predicted molar refractivity (Wildman–Crippen MR) is 84.7 cm³/mol. The van der Waals surface area contributed by atoms with E-state index in [1.54, 1.807) is 20.8 Å². The molecule has 0 heterocycles. The molecule has 0 bridgehead atoms. The van der Waals surface area contributed by atoms with E-state index < -0.39 is 23.7 Å². The fourth-order valence-electron chi connectivity index (χ4n) is 1.76. The molecule has 6 nitrogen and oxygen atoms in total. The first-order valence-corrected chi connectivity index (χ1v) is 7.45. The summed E-state index contributed by atoms with van der Waals surface area (Å²) >= 11 is 0. The third-order valence-electron chi connectivity index (χ3n) is 2.77. The van der Waals surface area contributed by atoms with E-state index in [-0.39, 0.29) is 19.4 Å². The number of nitrogens with one attached hydrogen (secondary N) is 1. The predicted octanol–water partition coefficient (Wildman–Crippen LogP) is 2.60. The van der Waals surface area contributed by atoms with E-state index in [0.29, 0.717) is 6.29 Å². The quantitative estimate of drug-likeness (QED) is 0.616. The number of alkyl carbamates (subject to hydrolysis) is 1. The van der Waals surface area contributed by atoms with Crippen LogP contribution in [0.1, 0.15) is 39.2 Å². The molecule has 0 aliphatic carbocycles. The topological polar surface area (TPSA) is 81.7 Å². The van der Waals surface area contributed by atoms with Gasteiger partial charge in [0.05, 0.1) is 0 Å². The Morgan fingerprint density at radius 2 is 1.87 bits per heavy atom. The van der Waals surface area contributed by atoms with Crippen LogP contribution in [-0.2, 0) is 25.7 Å². The molecular weight excluding hydrogens is 298 g/mol. The van der Waals surface area contributed by atoms with Gasteiger partial charge >= 0.3 is 12.1 Å². The van der Waals surface area contributed by atoms with E-state index in [2.05, 4.69) is 5.32 Å². The van der Waals surface area contributed by atoms with Crippen molar-refractivity contribution in [2.75, 3.05) is 0 Å². The number of hydrogen-bond acceptors (Lipinski definition) is 5. The van der Waals surface area contributed by atoms with Gasteiger partial charge in [-0.15, -0.1) is 0 Å². The van der Waals surface area contributed by atoms with Crippen molar-refractivity contribution in [1.29, 1.82) is 0 Å². The summed E-state index contributed by atoms with van der Waals surface area (Å²) in [7, 11) is 0. The van der Waals surface area contributed by atoms with E-state index in [1.165, 1.54) is 0 Å². The Bertz CT molecular complexity index is 522. The lowest BCUT2D eigenvalue weighted by Crippen LogP contribution is -2.44. The molecule has 1 rings (SSSR count). The van der Waals surface area contributed by atoms with Gasteiger partial charge in [-0.25, -0.2) is 9.59 Å². The molecule has 1 aromatic carbocycles. The van der Waals surface area contributed by atoms with E-state index in [1.807, 2.05) is 30.3 Å². The first-order chi connectivity index (χ1) is 10.8. The lowest BCUT2D eigenvalue weighted by atomic mass is 10.1. The minimum atomic E-state index is -0.914. The third kappa shape index (κ3) is 7.99. The van der Waals surface area contributed by atoms with Crippen molar-refractivity contribution < 1.29 is 23.9 Å². The second-order valence-electron chi connectivity index (χ2n) is 6.04. The second-order valence-corrected chi connectivity index (χ2v) is 6.04. The number of carbonyl (C=O) groups excluding carboxylic acids is 3. The smallest absolute Gasteiger partial charge is 0.408 e. The summed E-state index contributed by atoms with van der Waals surface area (Å²) in [5.74, 6) is -0.587. The molecule has 1 N–H and O–H groups in total. The first-order valence-electron chi connectivity index (χ1n) is 7.45. The molecule has 1 amide bonds. The van der Waals surface area contributed by atoms with Crippen molar-refractivity contribution >= 4 is 18.3 Å². The van der Waals surface area contributed by atoms with Crippen molar-refractivity contribution in [1.82, 2.24) is 5.32 Å². The van der Waals surface area contributed by atoms with Gasteiger partial charge in [-0.3, -0.25) is 0 Å². The van der Waals surface area contributed by atoms with Gasteiger partial charge in [0, 0.05) is 6.42 Å². The Kier molecular flexibility index (Phi) is 7.25. The molecule has 0 saturated carbocycles. The Labute approximate surface area is 136 Å². The standard InChI is InChI=1S/C17H23NO5/c1-17(2,3)23-15(20)14(10-7-11-19)18-16(21)22-12-13-8-5-4-6-9-13/h4-6,8-9,11,14H,7,10,12H2,1-3H3,(H,18,21)/t14-/m0/s1. The van der Waals surface area contributed by atoms with Crippen molar-refractivity contribution in [3.8, 4) is 0 Å². The second kappa shape index (κ2) is 8.92. The normalized spacial score (nSPS) is 12.1. The summed E-state index contributed by atoms with van der Waals surface area (Å²) < 4.78 is 10.3. The van der Waals surface area contributed by atoms with Crippen LogP contribution in [0.3, 0.4) is 0 Å². The molecule has 0 fully saturated rings. The van der Waals surface area contributed by atoms with Crippen molar-refractivity contribution in [2.45, 2.75) is 51.9 Å². The molecule has 0 spiro atoms. The molecule has 0 unspecified atom stereocenters. The SMILES string of the molecule is CC(C)(C)OC(=O)[C@H](CCC=O)NC(=O)OCc1ccccc1. The lowest BCUT2D eigenvalue weighted by Gasteiger charge is -2.24. The van der Waals surface area contributed by atoms with Crippen LogP contribution in [0, 0.1) is 0 Å². The van der Waals surface area contributed by atoms with Gasteiger partial charge in [0.1, 0.15) is 24.5 Å². The zero-order valence-corrected chi connectivity index (χ0v) is 13.7. The zero-order chi connectivity index (χ0) is 17.3.